The summed E-state index contributed by atoms with van der Waals surface area (Å²) in [4.78, 5) is 0. The van der Waals surface area contributed by atoms with Crippen molar-refractivity contribution in [3.05, 3.63) is 53.5 Å². The third-order valence-electron chi connectivity index (χ3n) is 4.40. The molecule has 0 saturated heterocycles. The quantitative estimate of drug-likeness (QED) is 0.769. The van der Waals surface area contributed by atoms with Gasteiger partial charge in [0.25, 0.3) is 0 Å². The van der Waals surface area contributed by atoms with Crippen LogP contribution in [0.3, 0.4) is 0 Å². The molecule has 0 radical (unpaired) electrons. The molecule has 0 bridgehead atoms. The smallest absolute Gasteiger partial charge is 0.125 e. The van der Waals surface area contributed by atoms with Gasteiger partial charge >= 0.3 is 0 Å². The van der Waals surface area contributed by atoms with Gasteiger partial charge in [-0.15, -0.1) is 0 Å². The summed E-state index contributed by atoms with van der Waals surface area (Å²) >= 11 is 0. The molecular weight excluding hydrogens is 284 g/mol. The second-order valence-corrected chi connectivity index (χ2v) is 6.97. The molecule has 1 aliphatic heterocycles. The molecule has 1 unspecified atom stereocenters. The Balaban J connectivity index is 1.97. The summed E-state index contributed by atoms with van der Waals surface area (Å²) in [6.45, 7) is 10.9. The molecule has 1 aliphatic rings. The summed E-state index contributed by atoms with van der Waals surface area (Å²) in [5.74, 6) is 0.951. The van der Waals surface area contributed by atoms with E-state index in [4.69, 9.17) is 4.42 Å². The van der Waals surface area contributed by atoms with E-state index >= 15 is 0 Å². The van der Waals surface area contributed by atoms with E-state index < -0.39 is 0 Å². The number of nitrogens with one attached hydrogen (secondary N) is 2. The predicted molar refractivity (Wildman–Crippen MR) is 97.9 cm³/mol. The van der Waals surface area contributed by atoms with Gasteiger partial charge in [-0.3, -0.25) is 0 Å². The second kappa shape index (κ2) is 5.80. The number of hydrogen-bond acceptors (Lipinski definition) is 3. The molecule has 0 aliphatic carbocycles. The maximum atomic E-state index is 5.50. The molecule has 0 spiro atoms. The van der Waals surface area contributed by atoms with Gasteiger partial charge < -0.3 is 15.1 Å². The molecule has 0 fully saturated rings. The lowest BCUT2D eigenvalue weighted by atomic mass is 9.88. The number of anilines is 2. The highest BCUT2D eigenvalue weighted by Crippen LogP contribution is 2.39. The second-order valence-electron chi connectivity index (χ2n) is 6.97. The molecule has 2 N–H and O–H groups in total. The first-order chi connectivity index (χ1) is 10.9. The lowest BCUT2D eigenvalue weighted by Gasteiger charge is -2.33. The molecule has 3 rings (SSSR count). The summed E-state index contributed by atoms with van der Waals surface area (Å²) in [6.07, 6.45) is 5.02. The van der Waals surface area contributed by atoms with Crippen molar-refractivity contribution in [2.24, 2.45) is 0 Å². The first-order valence-corrected chi connectivity index (χ1v) is 8.34. The van der Waals surface area contributed by atoms with Crippen LogP contribution in [0.15, 0.2) is 41.0 Å². The Hall–Kier alpha value is -2.16. The lowest BCUT2D eigenvalue weighted by molar-refractivity contribution is 0.490. The van der Waals surface area contributed by atoms with Crippen molar-refractivity contribution < 1.29 is 4.42 Å². The molecule has 1 atom stereocenters. The Morgan fingerprint density at radius 1 is 1.30 bits per heavy atom. The highest BCUT2D eigenvalue weighted by Gasteiger charge is 2.25. The molecule has 122 valence electrons. The van der Waals surface area contributed by atoms with Crippen molar-refractivity contribution in [1.82, 2.24) is 0 Å². The zero-order valence-corrected chi connectivity index (χ0v) is 14.7. The fourth-order valence-electron chi connectivity index (χ4n) is 3.36. The highest BCUT2D eigenvalue weighted by atomic mass is 16.3. The van der Waals surface area contributed by atoms with Gasteiger partial charge in [0.2, 0.25) is 0 Å². The molecule has 0 saturated carbocycles. The standard InChI is InChI=1S/C20H26N2O/c1-6-15-10-16(21-14(3)18-8-7-9-23-18)11-17-13(2)12-20(4,5)22-19(15)17/h7-12,14,21-22H,6H2,1-5H3. The molecule has 23 heavy (non-hydrogen) atoms. The minimum Gasteiger partial charge on any atom is -0.467 e. The van der Waals surface area contributed by atoms with Gasteiger partial charge in [0, 0.05) is 16.9 Å². The van der Waals surface area contributed by atoms with Crippen LogP contribution in [0, 0.1) is 0 Å². The third kappa shape index (κ3) is 3.14. The zero-order valence-electron chi connectivity index (χ0n) is 14.7. The van der Waals surface area contributed by atoms with E-state index in [9.17, 15) is 0 Å². The minimum atomic E-state index is -0.00257. The first-order valence-electron chi connectivity index (χ1n) is 8.34. The van der Waals surface area contributed by atoms with Crippen molar-refractivity contribution in [2.45, 2.75) is 52.6 Å². The summed E-state index contributed by atoms with van der Waals surface area (Å²) in [5, 5.41) is 7.23. The molecule has 0 amide bonds. The Bertz CT molecular complexity index is 726. The Morgan fingerprint density at radius 3 is 2.74 bits per heavy atom. The van der Waals surface area contributed by atoms with Gasteiger partial charge in [-0.1, -0.05) is 13.0 Å². The normalized spacial score (nSPS) is 17.0. The van der Waals surface area contributed by atoms with Crippen LogP contribution in [0.1, 0.15) is 57.5 Å². The van der Waals surface area contributed by atoms with E-state index in [0.29, 0.717) is 0 Å². The van der Waals surface area contributed by atoms with Gasteiger partial charge in [-0.2, -0.15) is 0 Å². The van der Waals surface area contributed by atoms with Gasteiger partial charge in [0.05, 0.1) is 17.8 Å². The van der Waals surface area contributed by atoms with E-state index in [2.05, 4.69) is 63.5 Å². The number of hydrogen-bond donors (Lipinski definition) is 2. The number of benzene rings is 1. The van der Waals surface area contributed by atoms with E-state index in [1.54, 1.807) is 6.26 Å². The average molecular weight is 310 g/mol. The van der Waals surface area contributed by atoms with Crippen LogP contribution in [0.5, 0.6) is 0 Å². The topological polar surface area (TPSA) is 37.2 Å². The average Bonchev–Trinajstić information content (AvgIpc) is 3.00. The Morgan fingerprint density at radius 2 is 2.09 bits per heavy atom. The molecule has 2 heterocycles. The van der Waals surface area contributed by atoms with Crippen LogP contribution in [0.25, 0.3) is 5.57 Å². The SMILES string of the molecule is CCc1cc(NC(C)c2ccco2)cc2c1NC(C)(C)C=C2C. The number of allylic oxidation sites excluding steroid dienone is 1. The predicted octanol–water partition coefficient (Wildman–Crippen LogP) is 5.62. The number of fused-ring (bicyclic) bond motifs is 1. The van der Waals surface area contributed by atoms with Crippen LogP contribution in [0.4, 0.5) is 11.4 Å². The first kappa shape index (κ1) is 15.7. The Kier molecular flexibility index (Phi) is 3.97. The highest BCUT2D eigenvalue weighted by molar-refractivity contribution is 5.84. The molecule has 1 aromatic carbocycles. The monoisotopic (exact) mass is 310 g/mol. The van der Waals surface area contributed by atoms with E-state index in [0.717, 1.165) is 17.9 Å². The van der Waals surface area contributed by atoms with Crippen LogP contribution >= 0.6 is 0 Å². The summed E-state index contributed by atoms with van der Waals surface area (Å²) in [7, 11) is 0. The third-order valence-corrected chi connectivity index (χ3v) is 4.40. The van der Waals surface area contributed by atoms with Crippen molar-refractivity contribution in [1.29, 1.82) is 0 Å². The number of aryl methyl sites for hydroxylation is 1. The molecule has 2 aromatic rings. The fraction of sp³-hybridized carbons (Fsp3) is 0.400. The van der Waals surface area contributed by atoms with Gasteiger partial charge in [0.1, 0.15) is 5.76 Å². The van der Waals surface area contributed by atoms with Crippen molar-refractivity contribution in [3.63, 3.8) is 0 Å². The Labute approximate surface area is 138 Å². The molecular formula is C20H26N2O. The van der Waals surface area contributed by atoms with Crippen molar-refractivity contribution in [2.75, 3.05) is 10.6 Å². The molecule has 3 nitrogen and oxygen atoms in total. The van der Waals surface area contributed by atoms with E-state index in [1.165, 1.54) is 22.4 Å². The van der Waals surface area contributed by atoms with Gasteiger partial charge in [-0.05, 0) is 69.5 Å². The van der Waals surface area contributed by atoms with E-state index in [1.807, 2.05) is 12.1 Å². The molecule has 3 heteroatoms. The maximum absolute atomic E-state index is 5.50. The number of furan rings is 1. The maximum Gasteiger partial charge on any atom is 0.125 e. The molecule has 1 aromatic heterocycles. The summed E-state index contributed by atoms with van der Waals surface area (Å²) in [6, 6.07) is 8.56. The van der Waals surface area contributed by atoms with Gasteiger partial charge in [0.15, 0.2) is 0 Å². The largest absolute Gasteiger partial charge is 0.467 e. The van der Waals surface area contributed by atoms with Crippen LogP contribution in [-0.2, 0) is 6.42 Å². The summed E-state index contributed by atoms with van der Waals surface area (Å²) in [5.41, 5.74) is 6.37. The van der Waals surface area contributed by atoms with Crippen LogP contribution < -0.4 is 10.6 Å². The van der Waals surface area contributed by atoms with Gasteiger partial charge in [-0.25, -0.2) is 0 Å². The van der Waals surface area contributed by atoms with Crippen LogP contribution in [0.2, 0.25) is 0 Å². The summed E-state index contributed by atoms with van der Waals surface area (Å²) < 4.78 is 5.50. The fourth-order valence-corrected chi connectivity index (χ4v) is 3.36. The van der Waals surface area contributed by atoms with Crippen molar-refractivity contribution >= 4 is 16.9 Å². The number of rotatable bonds is 4. The minimum absolute atomic E-state index is 0.00257. The zero-order chi connectivity index (χ0) is 16.6. The van der Waals surface area contributed by atoms with Crippen molar-refractivity contribution in [3.8, 4) is 0 Å². The van der Waals surface area contributed by atoms with Crippen LogP contribution in [-0.4, -0.2) is 5.54 Å². The lowest BCUT2D eigenvalue weighted by Crippen LogP contribution is -2.32. The van der Waals surface area contributed by atoms with E-state index in [-0.39, 0.29) is 11.6 Å².